The highest BCUT2D eigenvalue weighted by Gasteiger charge is 2.13. The topological polar surface area (TPSA) is 62.5 Å². The van der Waals surface area contributed by atoms with Crippen molar-refractivity contribution in [1.82, 2.24) is 0 Å². The van der Waals surface area contributed by atoms with E-state index in [0.29, 0.717) is 10.8 Å². The highest BCUT2D eigenvalue weighted by Crippen LogP contribution is 2.26. The molecule has 94 valence electrons. The number of anilines is 1. The number of carbonyl (C=O) groups is 1. The molecule has 0 radical (unpaired) electrons. The SMILES string of the molecule is O=C(O)c1ccoc1CNc1cc(Cl)ccc1Br. The van der Waals surface area contributed by atoms with Gasteiger partial charge in [-0.1, -0.05) is 11.6 Å². The minimum Gasteiger partial charge on any atom is -0.478 e. The van der Waals surface area contributed by atoms with Crippen molar-refractivity contribution in [1.29, 1.82) is 0 Å². The van der Waals surface area contributed by atoms with Gasteiger partial charge >= 0.3 is 5.97 Å². The number of nitrogens with one attached hydrogen (secondary N) is 1. The highest BCUT2D eigenvalue weighted by molar-refractivity contribution is 9.10. The number of carboxylic acid groups (broad SMARTS) is 1. The van der Waals surface area contributed by atoms with Crippen LogP contribution in [0.1, 0.15) is 16.1 Å². The zero-order chi connectivity index (χ0) is 13.1. The van der Waals surface area contributed by atoms with Crippen LogP contribution in [-0.4, -0.2) is 11.1 Å². The molecule has 0 aliphatic carbocycles. The highest BCUT2D eigenvalue weighted by atomic mass is 79.9. The molecule has 0 aliphatic heterocycles. The molecule has 0 aliphatic rings. The first-order valence-electron chi connectivity index (χ1n) is 5.06. The molecule has 2 N–H and O–H groups in total. The second kappa shape index (κ2) is 5.46. The van der Waals surface area contributed by atoms with Crippen molar-refractivity contribution in [3.8, 4) is 0 Å². The summed E-state index contributed by atoms with van der Waals surface area (Å²) in [4.78, 5) is 10.9. The van der Waals surface area contributed by atoms with Gasteiger partial charge in [-0.3, -0.25) is 0 Å². The third-order valence-electron chi connectivity index (χ3n) is 2.34. The van der Waals surface area contributed by atoms with Gasteiger partial charge in [-0.25, -0.2) is 4.79 Å². The van der Waals surface area contributed by atoms with Gasteiger partial charge in [0.2, 0.25) is 0 Å². The third kappa shape index (κ3) is 2.86. The molecule has 1 heterocycles. The fraction of sp³-hybridized carbons (Fsp3) is 0.0833. The van der Waals surface area contributed by atoms with Crippen LogP contribution < -0.4 is 5.32 Å². The molecule has 0 saturated carbocycles. The summed E-state index contributed by atoms with van der Waals surface area (Å²) < 4.78 is 5.97. The number of halogens is 2. The van der Waals surface area contributed by atoms with E-state index in [1.54, 1.807) is 12.1 Å². The molecule has 0 bridgehead atoms. The maximum Gasteiger partial charge on any atom is 0.339 e. The number of aromatic carboxylic acids is 1. The number of hydrogen-bond acceptors (Lipinski definition) is 3. The molecule has 2 aromatic rings. The Balaban J connectivity index is 2.14. The van der Waals surface area contributed by atoms with Gasteiger partial charge < -0.3 is 14.8 Å². The number of hydrogen-bond donors (Lipinski definition) is 2. The van der Waals surface area contributed by atoms with Gasteiger partial charge in [0, 0.05) is 9.50 Å². The van der Waals surface area contributed by atoms with Crippen molar-refractivity contribution >= 4 is 39.2 Å². The first-order valence-corrected chi connectivity index (χ1v) is 6.23. The molecule has 0 atom stereocenters. The summed E-state index contributed by atoms with van der Waals surface area (Å²) in [6.45, 7) is 0.271. The van der Waals surface area contributed by atoms with Crippen molar-refractivity contribution < 1.29 is 14.3 Å². The lowest BCUT2D eigenvalue weighted by atomic mass is 10.2. The van der Waals surface area contributed by atoms with Crippen molar-refractivity contribution in [2.75, 3.05) is 5.32 Å². The van der Waals surface area contributed by atoms with E-state index in [0.717, 1.165) is 10.2 Å². The summed E-state index contributed by atoms with van der Waals surface area (Å²) in [6, 6.07) is 6.73. The van der Waals surface area contributed by atoms with Crippen LogP contribution in [0.25, 0.3) is 0 Å². The Bertz CT molecular complexity index is 582. The Hall–Kier alpha value is -1.46. The van der Waals surface area contributed by atoms with E-state index in [2.05, 4.69) is 21.2 Å². The number of furan rings is 1. The van der Waals surface area contributed by atoms with Gasteiger partial charge in [-0.2, -0.15) is 0 Å². The van der Waals surface area contributed by atoms with E-state index in [-0.39, 0.29) is 12.1 Å². The number of benzene rings is 1. The van der Waals surface area contributed by atoms with E-state index in [1.807, 2.05) is 6.07 Å². The van der Waals surface area contributed by atoms with Crippen LogP contribution in [-0.2, 0) is 6.54 Å². The van der Waals surface area contributed by atoms with Gasteiger partial charge in [0.05, 0.1) is 18.5 Å². The standard InChI is InChI=1S/C12H9BrClNO3/c13-9-2-1-7(14)5-10(9)15-6-11-8(12(16)17)3-4-18-11/h1-5,15H,6H2,(H,16,17). The molecule has 0 amide bonds. The van der Waals surface area contributed by atoms with Gasteiger partial charge in [0.15, 0.2) is 0 Å². The molecule has 1 aromatic carbocycles. The maximum atomic E-state index is 10.9. The van der Waals surface area contributed by atoms with Crippen LogP contribution >= 0.6 is 27.5 Å². The average molecular weight is 331 g/mol. The van der Waals surface area contributed by atoms with Crippen molar-refractivity contribution in [3.63, 3.8) is 0 Å². The second-order valence-electron chi connectivity index (χ2n) is 3.54. The molecule has 0 spiro atoms. The molecule has 4 nitrogen and oxygen atoms in total. The van der Waals surface area contributed by atoms with Gasteiger partial charge in [-0.15, -0.1) is 0 Å². The molecule has 2 rings (SSSR count). The minimum absolute atomic E-state index is 0.153. The summed E-state index contributed by atoms with van der Waals surface area (Å²) in [5.41, 5.74) is 0.927. The molecule has 0 fully saturated rings. The number of rotatable bonds is 4. The Kier molecular flexibility index (Phi) is 3.93. The van der Waals surface area contributed by atoms with Gasteiger partial charge in [0.1, 0.15) is 11.3 Å². The number of carboxylic acids is 1. The van der Waals surface area contributed by atoms with E-state index in [9.17, 15) is 4.79 Å². The van der Waals surface area contributed by atoms with E-state index in [1.165, 1.54) is 12.3 Å². The monoisotopic (exact) mass is 329 g/mol. The molecule has 18 heavy (non-hydrogen) atoms. The van der Waals surface area contributed by atoms with Gasteiger partial charge in [-0.05, 0) is 40.2 Å². The summed E-state index contributed by atoms with van der Waals surface area (Å²) >= 11 is 9.25. The Morgan fingerprint density at radius 2 is 2.22 bits per heavy atom. The summed E-state index contributed by atoms with van der Waals surface area (Å²) in [6.07, 6.45) is 1.35. The molecule has 0 unspecified atom stereocenters. The summed E-state index contributed by atoms with van der Waals surface area (Å²) in [5, 5.41) is 12.6. The maximum absolute atomic E-state index is 10.9. The Morgan fingerprint density at radius 1 is 1.44 bits per heavy atom. The smallest absolute Gasteiger partial charge is 0.339 e. The van der Waals surface area contributed by atoms with Crippen LogP contribution in [0.15, 0.2) is 39.4 Å². The van der Waals surface area contributed by atoms with Crippen molar-refractivity contribution in [3.05, 3.63) is 51.3 Å². The molecular formula is C12H9BrClNO3. The van der Waals surface area contributed by atoms with E-state index < -0.39 is 5.97 Å². The van der Waals surface area contributed by atoms with Crippen molar-refractivity contribution in [2.45, 2.75) is 6.54 Å². The fourth-order valence-electron chi connectivity index (χ4n) is 1.48. The van der Waals surface area contributed by atoms with Crippen LogP contribution in [0, 0.1) is 0 Å². The van der Waals surface area contributed by atoms with E-state index >= 15 is 0 Å². The Morgan fingerprint density at radius 3 is 2.94 bits per heavy atom. The lowest BCUT2D eigenvalue weighted by Crippen LogP contribution is -2.05. The fourth-order valence-corrected chi connectivity index (χ4v) is 2.04. The van der Waals surface area contributed by atoms with Crippen LogP contribution in [0.5, 0.6) is 0 Å². The predicted octanol–water partition coefficient (Wildman–Crippen LogP) is 4.01. The lowest BCUT2D eigenvalue weighted by molar-refractivity contribution is 0.0694. The minimum atomic E-state index is -1.01. The second-order valence-corrected chi connectivity index (χ2v) is 4.83. The van der Waals surface area contributed by atoms with Gasteiger partial charge in [0.25, 0.3) is 0 Å². The van der Waals surface area contributed by atoms with Crippen molar-refractivity contribution in [2.24, 2.45) is 0 Å². The average Bonchev–Trinajstić information content (AvgIpc) is 2.79. The van der Waals surface area contributed by atoms with E-state index in [4.69, 9.17) is 21.1 Å². The van der Waals surface area contributed by atoms with Crippen LogP contribution in [0.2, 0.25) is 5.02 Å². The molecular weight excluding hydrogens is 321 g/mol. The molecule has 0 saturated heterocycles. The predicted molar refractivity (Wildman–Crippen MR) is 72.1 cm³/mol. The zero-order valence-electron chi connectivity index (χ0n) is 9.11. The summed E-state index contributed by atoms with van der Waals surface area (Å²) in [7, 11) is 0. The Labute approximate surface area is 117 Å². The normalized spacial score (nSPS) is 10.3. The lowest BCUT2D eigenvalue weighted by Gasteiger charge is -2.08. The first-order chi connectivity index (χ1) is 8.58. The summed E-state index contributed by atoms with van der Waals surface area (Å²) in [5.74, 6) is -0.639. The first kappa shape index (κ1) is 13.0. The third-order valence-corrected chi connectivity index (χ3v) is 3.27. The van der Waals surface area contributed by atoms with Crippen LogP contribution in [0.3, 0.4) is 0 Å². The molecule has 1 aromatic heterocycles. The quantitative estimate of drug-likeness (QED) is 0.889. The largest absolute Gasteiger partial charge is 0.478 e. The molecule has 6 heteroatoms. The zero-order valence-corrected chi connectivity index (χ0v) is 11.5. The van der Waals surface area contributed by atoms with Crippen LogP contribution in [0.4, 0.5) is 5.69 Å².